The smallest absolute Gasteiger partial charge is 0.325 e. The highest BCUT2D eigenvalue weighted by Gasteiger charge is 2.16. The Hall–Kier alpha value is -1.06. The summed E-state index contributed by atoms with van der Waals surface area (Å²) in [7, 11) is 0. The van der Waals surface area contributed by atoms with Crippen LogP contribution in [-0.2, 0) is 14.3 Å². The molecule has 0 saturated heterocycles. The summed E-state index contributed by atoms with van der Waals surface area (Å²) in [5.74, 6) is -0.491. The highest BCUT2D eigenvalue weighted by molar-refractivity contribution is 5.81. The molecular weight excluding hydrogens is 194 g/mol. The molecule has 88 valence electrons. The second-order valence-corrected chi connectivity index (χ2v) is 4.47. The van der Waals surface area contributed by atoms with E-state index in [2.05, 4.69) is 5.32 Å². The zero-order valence-corrected chi connectivity index (χ0v) is 10.1. The Balaban J connectivity index is 3.67. The normalized spacial score (nSPS) is 10.9. The number of nitrogens with one attached hydrogen (secondary N) is 1. The van der Waals surface area contributed by atoms with Crippen molar-refractivity contribution in [3.8, 4) is 0 Å². The molecule has 0 aliphatic carbocycles. The van der Waals surface area contributed by atoms with E-state index in [9.17, 15) is 9.59 Å². The first-order valence-electron chi connectivity index (χ1n) is 5.33. The maximum atomic E-state index is 11.2. The maximum Gasteiger partial charge on any atom is 0.325 e. The van der Waals surface area contributed by atoms with Gasteiger partial charge in [0.05, 0.1) is 0 Å². The molecule has 0 radical (unpaired) electrons. The topological polar surface area (TPSA) is 55.4 Å². The van der Waals surface area contributed by atoms with Crippen molar-refractivity contribution >= 4 is 11.9 Å². The molecule has 0 bridgehead atoms. The van der Waals surface area contributed by atoms with Crippen molar-refractivity contribution in [2.45, 2.75) is 52.6 Å². The molecule has 0 unspecified atom stereocenters. The van der Waals surface area contributed by atoms with E-state index in [4.69, 9.17) is 4.74 Å². The van der Waals surface area contributed by atoms with Crippen molar-refractivity contribution in [3.63, 3.8) is 0 Å². The van der Waals surface area contributed by atoms with Crippen LogP contribution in [0.5, 0.6) is 0 Å². The fourth-order valence-corrected chi connectivity index (χ4v) is 0.974. The summed E-state index contributed by atoms with van der Waals surface area (Å²) in [5.41, 5.74) is -0.495. The van der Waals surface area contributed by atoms with Crippen LogP contribution in [0, 0.1) is 0 Å². The number of ether oxygens (including phenoxy) is 1. The Morgan fingerprint density at radius 3 is 2.33 bits per heavy atom. The van der Waals surface area contributed by atoms with E-state index in [1.54, 1.807) is 20.8 Å². The Bertz CT molecular complexity index is 218. The van der Waals surface area contributed by atoms with Crippen LogP contribution in [0.25, 0.3) is 0 Å². The lowest BCUT2D eigenvalue weighted by molar-refractivity contribution is -0.154. The average molecular weight is 215 g/mol. The summed E-state index contributed by atoms with van der Waals surface area (Å²) in [6, 6.07) is 0. The Kier molecular flexibility index (Phi) is 5.97. The van der Waals surface area contributed by atoms with Gasteiger partial charge in [0.15, 0.2) is 0 Å². The molecule has 4 nitrogen and oxygen atoms in total. The van der Waals surface area contributed by atoms with Crippen LogP contribution in [0.2, 0.25) is 0 Å². The Morgan fingerprint density at radius 1 is 1.27 bits per heavy atom. The van der Waals surface area contributed by atoms with Crippen molar-refractivity contribution < 1.29 is 14.3 Å². The first-order valence-corrected chi connectivity index (χ1v) is 5.33. The standard InChI is InChI=1S/C11H21NO3/c1-5-6-7-9(13)12-8-10(14)15-11(2,3)4/h5-8H2,1-4H3,(H,12,13). The van der Waals surface area contributed by atoms with Gasteiger partial charge in [-0.2, -0.15) is 0 Å². The minimum Gasteiger partial charge on any atom is -0.459 e. The van der Waals surface area contributed by atoms with E-state index < -0.39 is 11.6 Å². The highest BCUT2D eigenvalue weighted by atomic mass is 16.6. The fraction of sp³-hybridized carbons (Fsp3) is 0.818. The fourth-order valence-electron chi connectivity index (χ4n) is 0.974. The molecular formula is C11H21NO3. The third-order valence-corrected chi connectivity index (χ3v) is 1.61. The van der Waals surface area contributed by atoms with E-state index >= 15 is 0 Å². The van der Waals surface area contributed by atoms with Crippen LogP contribution in [0.15, 0.2) is 0 Å². The zero-order valence-electron chi connectivity index (χ0n) is 10.1. The number of carbonyl (C=O) groups is 2. The first-order chi connectivity index (χ1) is 6.85. The molecule has 0 aromatic heterocycles. The number of esters is 1. The van der Waals surface area contributed by atoms with Gasteiger partial charge in [0.25, 0.3) is 0 Å². The molecule has 0 atom stereocenters. The average Bonchev–Trinajstić information content (AvgIpc) is 2.08. The molecule has 0 fully saturated rings. The molecule has 15 heavy (non-hydrogen) atoms. The van der Waals surface area contributed by atoms with E-state index in [1.165, 1.54) is 0 Å². The van der Waals surface area contributed by atoms with Crippen LogP contribution in [0.1, 0.15) is 47.0 Å². The van der Waals surface area contributed by atoms with E-state index in [0.29, 0.717) is 6.42 Å². The molecule has 0 aliphatic heterocycles. The van der Waals surface area contributed by atoms with E-state index in [1.807, 2.05) is 6.92 Å². The molecule has 0 aromatic rings. The summed E-state index contributed by atoms with van der Waals surface area (Å²) in [4.78, 5) is 22.4. The number of carbonyl (C=O) groups excluding carboxylic acids is 2. The van der Waals surface area contributed by atoms with Gasteiger partial charge < -0.3 is 10.1 Å². The van der Waals surface area contributed by atoms with Crippen LogP contribution in [-0.4, -0.2) is 24.0 Å². The molecule has 4 heteroatoms. The van der Waals surface area contributed by atoms with Crippen LogP contribution in [0.4, 0.5) is 0 Å². The Labute approximate surface area is 91.4 Å². The minimum absolute atomic E-state index is 0.0418. The molecule has 1 amide bonds. The van der Waals surface area contributed by atoms with Gasteiger partial charge >= 0.3 is 5.97 Å². The second kappa shape index (κ2) is 6.43. The van der Waals surface area contributed by atoms with Gasteiger partial charge in [0, 0.05) is 6.42 Å². The third kappa shape index (κ3) is 9.25. The first kappa shape index (κ1) is 13.9. The van der Waals surface area contributed by atoms with Gasteiger partial charge in [-0.15, -0.1) is 0 Å². The SMILES string of the molecule is CCCCC(=O)NCC(=O)OC(C)(C)C. The van der Waals surface area contributed by atoms with Gasteiger partial charge in [-0.05, 0) is 27.2 Å². The van der Waals surface area contributed by atoms with E-state index in [-0.39, 0.29) is 12.5 Å². The quantitative estimate of drug-likeness (QED) is 0.709. The summed E-state index contributed by atoms with van der Waals surface area (Å²) >= 11 is 0. The van der Waals surface area contributed by atoms with Crippen molar-refractivity contribution in [2.75, 3.05) is 6.54 Å². The highest BCUT2D eigenvalue weighted by Crippen LogP contribution is 2.06. The van der Waals surface area contributed by atoms with Gasteiger partial charge in [-0.1, -0.05) is 13.3 Å². The predicted octanol–water partition coefficient (Wildman–Crippen LogP) is 1.63. The molecule has 0 spiro atoms. The van der Waals surface area contributed by atoms with Gasteiger partial charge in [-0.25, -0.2) is 0 Å². The van der Waals surface area contributed by atoms with Crippen LogP contribution in [0.3, 0.4) is 0 Å². The molecule has 0 rings (SSSR count). The number of unbranched alkanes of at least 4 members (excludes halogenated alkanes) is 1. The zero-order chi connectivity index (χ0) is 11.9. The number of rotatable bonds is 5. The van der Waals surface area contributed by atoms with Crippen molar-refractivity contribution in [2.24, 2.45) is 0 Å². The molecule has 0 saturated carbocycles. The van der Waals surface area contributed by atoms with Crippen LogP contribution >= 0.6 is 0 Å². The molecule has 0 aromatic carbocycles. The number of amides is 1. The molecule has 0 aliphatic rings. The lowest BCUT2D eigenvalue weighted by Crippen LogP contribution is -2.34. The van der Waals surface area contributed by atoms with Crippen molar-refractivity contribution in [3.05, 3.63) is 0 Å². The largest absolute Gasteiger partial charge is 0.459 e. The molecule has 1 N–H and O–H groups in total. The summed E-state index contributed by atoms with van der Waals surface area (Å²) in [5, 5.41) is 2.53. The number of hydrogen-bond donors (Lipinski definition) is 1. The summed E-state index contributed by atoms with van der Waals surface area (Å²) < 4.78 is 5.04. The van der Waals surface area contributed by atoms with Crippen LogP contribution < -0.4 is 5.32 Å². The third-order valence-electron chi connectivity index (χ3n) is 1.61. The maximum absolute atomic E-state index is 11.2. The van der Waals surface area contributed by atoms with Crippen molar-refractivity contribution in [1.29, 1.82) is 0 Å². The lowest BCUT2D eigenvalue weighted by Gasteiger charge is -2.19. The molecule has 0 heterocycles. The summed E-state index contributed by atoms with van der Waals surface area (Å²) in [6.07, 6.45) is 2.29. The predicted molar refractivity (Wildman–Crippen MR) is 58.4 cm³/mol. The van der Waals surface area contributed by atoms with E-state index in [0.717, 1.165) is 12.8 Å². The van der Waals surface area contributed by atoms with Gasteiger partial charge in [-0.3, -0.25) is 9.59 Å². The monoisotopic (exact) mass is 215 g/mol. The van der Waals surface area contributed by atoms with Gasteiger partial charge in [0.1, 0.15) is 12.1 Å². The van der Waals surface area contributed by atoms with Gasteiger partial charge in [0.2, 0.25) is 5.91 Å². The minimum atomic E-state index is -0.495. The second-order valence-electron chi connectivity index (χ2n) is 4.47. The Morgan fingerprint density at radius 2 is 1.87 bits per heavy atom. The van der Waals surface area contributed by atoms with Crippen molar-refractivity contribution in [1.82, 2.24) is 5.32 Å². The lowest BCUT2D eigenvalue weighted by atomic mass is 10.2. The summed E-state index contributed by atoms with van der Waals surface area (Å²) in [6.45, 7) is 7.36. The number of hydrogen-bond acceptors (Lipinski definition) is 3.